The van der Waals surface area contributed by atoms with Gasteiger partial charge in [-0.15, -0.1) is 0 Å². The number of hydrogen-bond donors (Lipinski definition) is 0. The summed E-state index contributed by atoms with van der Waals surface area (Å²) in [5.41, 5.74) is 0.571. The molecule has 0 N–H and O–H groups in total. The lowest BCUT2D eigenvalue weighted by atomic mass is 10.1. The average molecular weight is 463 g/mol. The SMILES string of the molecule is Cn1c(=O)c2c(-c3cc([N+](=O)[O-])ccc3Br)n(C[C@@H]3CCCO3)cc2n(C)c1=O. The zero-order valence-electron chi connectivity index (χ0n) is 15.9. The van der Waals surface area contributed by atoms with Gasteiger partial charge in [-0.1, -0.05) is 15.9 Å². The van der Waals surface area contributed by atoms with E-state index in [1.165, 1.54) is 23.7 Å². The van der Waals surface area contributed by atoms with Gasteiger partial charge in [0.25, 0.3) is 11.2 Å². The van der Waals surface area contributed by atoms with Crippen molar-refractivity contribution in [2.45, 2.75) is 25.5 Å². The first-order valence-corrected chi connectivity index (χ1v) is 9.93. The van der Waals surface area contributed by atoms with Gasteiger partial charge in [0, 0.05) is 55.6 Å². The molecule has 0 bridgehead atoms. The van der Waals surface area contributed by atoms with Crippen LogP contribution in [0.5, 0.6) is 0 Å². The van der Waals surface area contributed by atoms with E-state index in [1.807, 2.05) is 4.57 Å². The number of rotatable bonds is 4. The maximum Gasteiger partial charge on any atom is 0.330 e. The molecule has 0 radical (unpaired) electrons. The molecule has 3 aromatic rings. The Balaban J connectivity index is 2.08. The van der Waals surface area contributed by atoms with Crippen LogP contribution in [-0.2, 0) is 25.4 Å². The lowest BCUT2D eigenvalue weighted by Gasteiger charge is -2.15. The van der Waals surface area contributed by atoms with E-state index in [1.54, 1.807) is 19.3 Å². The van der Waals surface area contributed by atoms with Gasteiger partial charge in [0.2, 0.25) is 0 Å². The second-order valence-corrected chi connectivity index (χ2v) is 8.01. The Morgan fingerprint density at radius 3 is 2.69 bits per heavy atom. The van der Waals surface area contributed by atoms with Crippen molar-refractivity contribution in [3.63, 3.8) is 0 Å². The molecule has 1 fully saturated rings. The summed E-state index contributed by atoms with van der Waals surface area (Å²) in [7, 11) is 3.03. The van der Waals surface area contributed by atoms with E-state index in [0.29, 0.717) is 39.8 Å². The Bertz CT molecular complexity index is 1250. The van der Waals surface area contributed by atoms with Crippen molar-refractivity contribution in [2.24, 2.45) is 14.1 Å². The highest BCUT2D eigenvalue weighted by Gasteiger charge is 2.25. The topological polar surface area (TPSA) is 101 Å². The molecule has 2 aromatic heterocycles. The Hall–Kier alpha value is -2.72. The third-order valence-corrected chi connectivity index (χ3v) is 6.04. The van der Waals surface area contributed by atoms with Gasteiger partial charge in [-0.05, 0) is 18.9 Å². The van der Waals surface area contributed by atoms with Crippen LogP contribution in [0.25, 0.3) is 22.2 Å². The smallest absolute Gasteiger partial charge is 0.330 e. The summed E-state index contributed by atoms with van der Waals surface area (Å²) in [6.07, 6.45) is 3.58. The van der Waals surface area contributed by atoms with Crippen molar-refractivity contribution in [1.82, 2.24) is 13.7 Å². The molecule has 9 nitrogen and oxygen atoms in total. The van der Waals surface area contributed by atoms with E-state index in [9.17, 15) is 19.7 Å². The monoisotopic (exact) mass is 462 g/mol. The quantitative estimate of drug-likeness (QED) is 0.437. The van der Waals surface area contributed by atoms with Gasteiger partial charge in [0.05, 0.1) is 27.6 Å². The predicted molar refractivity (Wildman–Crippen MR) is 111 cm³/mol. The van der Waals surface area contributed by atoms with Gasteiger partial charge in [-0.25, -0.2) is 4.79 Å². The molecular weight excluding hydrogens is 444 g/mol. The van der Waals surface area contributed by atoms with Crippen molar-refractivity contribution < 1.29 is 9.66 Å². The van der Waals surface area contributed by atoms with E-state index < -0.39 is 16.2 Å². The van der Waals surface area contributed by atoms with Crippen molar-refractivity contribution in [2.75, 3.05) is 6.61 Å². The molecule has 1 aliphatic rings. The molecule has 10 heteroatoms. The van der Waals surface area contributed by atoms with Gasteiger partial charge in [-0.3, -0.25) is 24.0 Å². The Labute approximate surface area is 173 Å². The summed E-state index contributed by atoms with van der Waals surface area (Å²) in [6.45, 7) is 1.16. The van der Waals surface area contributed by atoms with Crippen LogP contribution >= 0.6 is 15.9 Å². The summed E-state index contributed by atoms with van der Waals surface area (Å²) in [6, 6.07) is 4.43. The highest BCUT2D eigenvalue weighted by atomic mass is 79.9. The summed E-state index contributed by atoms with van der Waals surface area (Å²) in [4.78, 5) is 36.3. The first kappa shape index (κ1) is 19.6. The van der Waals surface area contributed by atoms with Gasteiger partial charge in [0.1, 0.15) is 0 Å². The number of fused-ring (bicyclic) bond motifs is 1. The third kappa shape index (κ3) is 3.22. The van der Waals surface area contributed by atoms with Crippen LogP contribution in [0, 0.1) is 10.1 Å². The van der Waals surface area contributed by atoms with Crippen molar-refractivity contribution in [1.29, 1.82) is 0 Å². The summed E-state index contributed by atoms with van der Waals surface area (Å²) in [5.74, 6) is 0. The Morgan fingerprint density at radius 2 is 2.03 bits per heavy atom. The molecule has 1 aromatic carbocycles. The number of aryl methyl sites for hydroxylation is 1. The number of aromatic nitrogens is 3. The maximum absolute atomic E-state index is 13.0. The zero-order chi connectivity index (χ0) is 20.9. The van der Waals surface area contributed by atoms with E-state index in [0.717, 1.165) is 17.4 Å². The Morgan fingerprint density at radius 1 is 1.28 bits per heavy atom. The van der Waals surface area contributed by atoms with Crippen molar-refractivity contribution in [3.05, 3.63) is 59.8 Å². The molecule has 29 heavy (non-hydrogen) atoms. The number of ether oxygens (including phenoxy) is 1. The average Bonchev–Trinajstić information content (AvgIpc) is 3.33. The summed E-state index contributed by atoms with van der Waals surface area (Å²) < 4.78 is 10.7. The number of nitrogens with zero attached hydrogens (tertiary/aromatic N) is 4. The lowest BCUT2D eigenvalue weighted by molar-refractivity contribution is -0.384. The molecule has 1 aliphatic heterocycles. The molecule has 1 atom stereocenters. The van der Waals surface area contributed by atoms with Crippen LogP contribution in [0.3, 0.4) is 0 Å². The molecule has 0 amide bonds. The minimum Gasteiger partial charge on any atom is -0.376 e. The largest absolute Gasteiger partial charge is 0.376 e. The predicted octanol–water partition coefficient (Wildman–Crippen LogP) is 2.56. The fourth-order valence-electron chi connectivity index (χ4n) is 3.84. The number of halogens is 1. The molecule has 0 aliphatic carbocycles. The minimum absolute atomic E-state index is 0.0195. The normalized spacial score (nSPS) is 16.6. The van der Waals surface area contributed by atoms with E-state index in [4.69, 9.17) is 4.74 Å². The number of nitro groups is 1. The van der Waals surface area contributed by atoms with Gasteiger partial charge in [-0.2, -0.15) is 0 Å². The lowest BCUT2D eigenvalue weighted by Crippen LogP contribution is -2.36. The first-order valence-electron chi connectivity index (χ1n) is 9.14. The van der Waals surface area contributed by atoms with Crippen LogP contribution in [0.15, 0.2) is 38.5 Å². The van der Waals surface area contributed by atoms with E-state index in [-0.39, 0.29) is 11.8 Å². The van der Waals surface area contributed by atoms with Crippen LogP contribution < -0.4 is 11.2 Å². The summed E-state index contributed by atoms with van der Waals surface area (Å²) >= 11 is 3.47. The molecule has 0 spiro atoms. The van der Waals surface area contributed by atoms with Crippen molar-refractivity contribution in [3.8, 4) is 11.3 Å². The number of non-ortho nitro benzene ring substituents is 1. The van der Waals surface area contributed by atoms with E-state index >= 15 is 0 Å². The highest BCUT2D eigenvalue weighted by Crippen LogP contribution is 2.36. The molecule has 152 valence electrons. The number of nitro benzene ring substituents is 1. The summed E-state index contributed by atoms with van der Waals surface area (Å²) in [5, 5.41) is 11.7. The molecule has 4 rings (SSSR count). The van der Waals surface area contributed by atoms with Crippen LogP contribution in [0.2, 0.25) is 0 Å². The second kappa shape index (κ2) is 7.27. The van der Waals surface area contributed by atoms with Crippen LogP contribution in [0.1, 0.15) is 12.8 Å². The Kier molecular flexibility index (Phi) is 4.91. The highest BCUT2D eigenvalue weighted by molar-refractivity contribution is 9.10. The fraction of sp³-hybridized carbons (Fsp3) is 0.368. The molecule has 0 unspecified atom stereocenters. The molecule has 1 saturated heterocycles. The number of hydrogen-bond acceptors (Lipinski definition) is 5. The maximum atomic E-state index is 13.0. The van der Waals surface area contributed by atoms with Crippen LogP contribution in [0.4, 0.5) is 5.69 Å². The van der Waals surface area contributed by atoms with Gasteiger partial charge < -0.3 is 9.30 Å². The van der Waals surface area contributed by atoms with Crippen LogP contribution in [-0.4, -0.2) is 31.3 Å². The van der Waals surface area contributed by atoms with E-state index in [2.05, 4.69) is 15.9 Å². The van der Waals surface area contributed by atoms with Crippen molar-refractivity contribution >= 4 is 32.5 Å². The second-order valence-electron chi connectivity index (χ2n) is 7.15. The fourth-order valence-corrected chi connectivity index (χ4v) is 4.27. The molecule has 3 heterocycles. The van der Waals surface area contributed by atoms with Gasteiger partial charge >= 0.3 is 5.69 Å². The first-order chi connectivity index (χ1) is 13.8. The standard InChI is InChI=1S/C19H19BrN4O5/c1-21-15-10-23(9-12-4-3-7-29-12)17(16(15)18(25)22(2)19(21)26)13-8-11(24(27)28)5-6-14(13)20/h5-6,8,10,12H,3-4,7,9H2,1-2H3/t12-/m0/s1. The van der Waals surface area contributed by atoms with Gasteiger partial charge in [0.15, 0.2) is 0 Å². The minimum atomic E-state index is -0.473. The number of benzene rings is 1. The molecule has 0 saturated carbocycles. The molecular formula is C19H19BrN4O5. The third-order valence-electron chi connectivity index (χ3n) is 5.35. The zero-order valence-corrected chi connectivity index (χ0v) is 17.5.